The van der Waals surface area contributed by atoms with Gasteiger partial charge in [0, 0.05) is 17.4 Å². The summed E-state index contributed by atoms with van der Waals surface area (Å²) in [6.45, 7) is 0.828. The van der Waals surface area contributed by atoms with Crippen LogP contribution in [0.25, 0.3) is 0 Å². The number of halogens is 1. The zero-order valence-corrected chi connectivity index (χ0v) is 9.54. The first-order valence-corrected chi connectivity index (χ1v) is 5.67. The fraction of sp³-hybridized carbons (Fsp3) is 0.300. The van der Waals surface area contributed by atoms with Gasteiger partial charge in [-0.25, -0.2) is 0 Å². The second-order valence-electron chi connectivity index (χ2n) is 3.01. The number of carbonyl (C=O) groups is 1. The van der Waals surface area contributed by atoms with E-state index in [1.807, 2.05) is 0 Å². The van der Waals surface area contributed by atoms with Crippen molar-refractivity contribution in [2.24, 2.45) is 0 Å². The smallest absolute Gasteiger partial charge is 0.251 e. The normalized spacial score (nSPS) is 12.6. The number of carbonyl (C=O) groups excluding carboxylic acids is 1. The van der Waals surface area contributed by atoms with Crippen LogP contribution in [0.2, 0.25) is 0 Å². The van der Waals surface area contributed by atoms with E-state index < -0.39 is 0 Å². The Morgan fingerprint density at radius 3 is 3.00 bits per heavy atom. The molecular formula is C10H10BrNO3. The third-order valence-electron chi connectivity index (χ3n) is 2.01. The quantitative estimate of drug-likeness (QED) is 0.849. The number of alkyl halides is 1. The van der Waals surface area contributed by atoms with E-state index in [4.69, 9.17) is 9.47 Å². The monoisotopic (exact) mass is 271 g/mol. The molecule has 0 aromatic heterocycles. The van der Waals surface area contributed by atoms with E-state index in [0.717, 1.165) is 5.33 Å². The molecule has 0 spiro atoms. The largest absolute Gasteiger partial charge is 0.454 e. The van der Waals surface area contributed by atoms with Crippen LogP contribution < -0.4 is 14.8 Å². The number of nitrogens with one attached hydrogen (secondary N) is 1. The number of rotatable bonds is 3. The van der Waals surface area contributed by atoms with Crippen LogP contribution >= 0.6 is 15.9 Å². The molecule has 1 aromatic carbocycles. The Labute approximate surface area is 95.7 Å². The highest BCUT2D eigenvalue weighted by atomic mass is 79.9. The lowest BCUT2D eigenvalue weighted by atomic mass is 10.2. The number of hydrogen-bond donors (Lipinski definition) is 1. The predicted molar refractivity (Wildman–Crippen MR) is 58.7 cm³/mol. The summed E-state index contributed by atoms with van der Waals surface area (Å²) in [5.74, 6) is 1.21. The van der Waals surface area contributed by atoms with E-state index >= 15 is 0 Å². The molecule has 80 valence electrons. The van der Waals surface area contributed by atoms with Crippen molar-refractivity contribution in [1.29, 1.82) is 0 Å². The average Bonchev–Trinajstić information content (AvgIpc) is 2.72. The van der Waals surface area contributed by atoms with Gasteiger partial charge in [-0.15, -0.1) is 0 Å². The Hall–Kier alpha value is -1.23. The number of hydrogen-bond acceptors (Lipinski definition) is 3. The molecular weight excluding hydrogens is 262 g/mol. The summed E-state index contributed by atoms with van der Waals surface area (Å²) >= 11 is 3.24. The maximum atomic E-state index is 11.6. The average molecular weight is 272 g/mol. The Bertz CT molecular complexity index is 381. The second kappa shape index (κ2) is 4.53. The van der Waals surface area contributed by atoms with Crippen molar-refractivity contribution in [2.75, 3.05) is 18.7 Å². The zero-order valence-electron chi connectivity index (χ0n) is 7.96. The zero-order chi connectivity index (χ0) is 10.7. The summed E-state index contributed by atoms with van der Waals surface area (Å²) in [5, 5.41) is 3.50. The highest BCUT2D eigenvalue weighted by Crippen LogP contribution is 2.32. The van der Waals surface area contributed by atoms with Gasteiger partial charge in [0.1, 0.15) is 0 Å². The Morgan fingerprint density at radius 1 is 1.40 bits per heavy atom. The Balaban J connectivity index is 2.12. The molecule has 15 heavy (non-hydrogen) atoms. The summed E-state index contributed by atoms with van der Waals surface area (Å²) in [5.41, 5.74) is 0.584. The van der Waals surface area contributed by atoms with Gasteiger partial charge in [-0.2, -0.15) is 0 Å². The molecule has 0 atom stereocenters. The van der Waals surface area contributed by atoms with Crippen LogP contribution in [0.3, 0.4) is 0 Å². The first-order chi connectivity index (χ1) is 7.31. The number of benzene rings is 1. The number of amides is 1. The molecule has 1 N–H and O–H groups in total. The summed E-state index contributed by atoms with van der Waals surface area (Å²) in [6, 6.07) is 5.15. The van der Waals surface area contributed by atoms with Gasteiger partial charge in [0.05, 0.1) is 0 Å². The van der Waals surface area contributed by atoms with E-state index in [-0.39, 0.29) is 12.7 Å². The van der Waals surface area contributed by atoms with Crippen molar-refractivity contribution in [3.63, 3.8) is 0 Å². The van der Waals surface area contributed by atoms with Crippen LogP contribution in [0.15, 0.2) is 18.2 Å². The number of ether oxygens (including phenoxy) is 2. The van der Waals surface area contributed by atoms with Gasteiger partial charge in [0.2, 0.25) is 6.79 Å². The van der Waals surface area contributed by atoms with E-state index in [2.05, 4.69) is 21.2 Å². The molecule has 0 saturated heterocycles. The summed E-state index contributed by atoms with van der Waals surface area (Å²) < 4.78 is 10.3. The minimum absolute atomic E-state index is 0.104. The van der Waals surface area contributed by atoms with Crippen LogP contribution in [-0.2, 0) is 0 Å². The lowest BCUT2D eigenvalue weighted by Gasteiger charge is -2.03. The molecule has 4 nitrogen and oxygen atoms in total. The van der Waals surface area contributed by atoms with E-state index in [1.165, 1.54) is 0 Å². The fourth-order valence-electron chi connectivity index (χ4n) is 1.30. The third kappa shape index (κ3) is 2.23. The van der Waals surface area contributed by atoms with Gasteiger partial charge in [-0.1, -0.05) is 15.9 Å². The van der Waals surface area contributed by atoms with Gasteiger partial charge in [0.25, 0.3) is 5.91 Å². The maximum absolute atomic E-state index is 11.6. The minimum atomic E-state index is -0.104. The Morgan fingerprint density at radius 2 is 2.20 bits per heavy atom. The second-order valence-corrected chi connectivity index (χ2v) is 3.81. The molecule has 0 bridgehead atoms. The molecule has 1 aromatic rings. The van der Waals surface area contributed by atoms with Crippen molar-refractivity contribution < 1.29 is 14.3 Å². The fourth-order valence-corrected chi connectivity index (χ4v) is 1.50. The minimum Gasteiger partial charge on any atom is -0.454 e. The molecule has 0 unspecified atom stereocenters. The van der Waals surface area contributed by atoms with Crippen LogP contribution in [0.1, 0.15) is 10.4 Å². The molecule has 0 saturated carbocycles. The van der Waals surface area contributed by atoms with Crippen molar-refractivity contribution in [3.05, 3.63) is 23.8 Å². The lowest BCUT2D eigenvalue weighted by Crippen LogP contribution is -2.24. The third-order valence-corrected chi connectivity index (χ3v) is 2.41. The highest BCUT2D eigenvalue weighted by molar-refractivity contribution is 9.09. The van der Waals surface area contributed by atoms with Crippen molar-refractivity contribution in [1.82, 2.24) is 5.32 Å². The maximum Gasteiger partial charge on any atom is 0.251 e. The topological polar surface area (TPSA) is 47.6 Å². The van der Waals surface area contributed by atoms with Crippen molar-refractivity contribution in [2.45, 2.75) is 0 Å². The Kier molecular flexibility index (Phi) is 3.11. The molecule has 1 amide bonds. The molecule has 1 aliphatic heterocycles. The molecule has 1 aliphatic rings. The van der Waals surface area contributed by atoms with Gasteiger partial charge in [0.15, 0.2) is 11.5 Å². The molecule has 0 aliphatic carbocycles. The van der Waals surface area contributed by atoms with Crippen molar-refractivity contribution in [3.8, 4) is 11.5 Å². The SMILES string of the molecule is O=C(NCCBr)c1ccc2c(c1)OCO2. The first kappa shape index (κ1) is 10.3. The van der Waals surface area contributed by atoms with E-state index in [1.54, 1.807) is 18.2 Å². The van der Waals surface area contributed by atoms with Crippen LogP contribution in [0.5, 0.6) is 11.5 Å². The molecule has 2 rings (SSSR count). The number of fused-ring (bicyclic) bond motifs is 1. The molecule has 1 heterocycles. The van der Waals surface area contributed by atoms with E-state index in [9.17, 15) is 4.79 Å². The van der Waals surface area contributed by atoms with E-state index in [0.29, 0.717) is 23.6 Å². The van der Waals surface area contributed by atoms with Gasteiger partial charge in [-0.05, 0) is 18.2 Å². The highest BCUT2D eigenvalue weighted by Gasteiger charge is 2.15. The lowest BCUT2D eigenvalue weighted by molar-refractivity contribution is 0.0956. The van der Waals surface area contributed by atoms with Gasteiger partial charge < -0.3 is 14.8 Å². The van der Waals surface area contributed by atoms with Crippen LogP contribution in [-0.4, -0.2) is 24.6 Å². The van der Waals surface area contributed by atoms with Gasteiger partial charge in [-0.3, -0.25) is 4.79 Å². The van der Waals surface area contributed by atoms with Crippen LogP contribution in [0, 0.1) is 0 Å². The molecule has 0 radical (unpaired) electrons. The van der Waals surface area contributed by atoms with Gasteiger partial charge >= 0.3 is 0 Å². The standard InChI is InChI=1S/C10H10BrNO3/c11-3-4-12-10(13)7-1-2-8-9(5-7)15-6-14-8/h1-2,5H,3-4,6H2,(H,12,13). The summed E-state index contributed by atoms with van der Waals surface area (Å²) in [4.78, 5) is 11.6. The van der Waals surface area contributed by atoms with Crippen LogP contribution in [0.4, 0.5) is 0 Å². The summed E-state index contributed by atoms with van der Waals surface area (Å²) in [7, 11) is 0. The molecule has 5 heteroatoms. The van der Waals surface area contributed by atoms with Crippen molar-refractivity contribution >= 4 is 21.8 Å². The molecule has 0 fully saturated rings. The first-order valence-electron chi connectivity index (χ1n) is 4.55. The predicted octanol–water partition coefficient (Wildman–Crippen LogP) is 1.54. The summed E-state index contributed by atoms with van der Waals surface area (Å²) in [6.07, 6.45) is 0.